The molecule has 1 atom stereocenters. The number of hydrogen-bond donors (Lipinski definition) is 1. The standard InChI is InChI=1S/C12H15ClFN/c1-8(15)12(4-5-12)7-9-2-3-10(13)11(14)6-9/h2-3,6,8H,4-5,7,15H2,1H3. The van der Waals surface area contributed by atoms with Crippen molar-refractivity contribution in [2.45, 2.75) is 32.2 Å². The summed E-state index contributed by atoms with van der Waals surface area (Å²) in [6.07, 6.45) is 3.16. The van der Waals surface area contributed by atoms with Gasteiger partial charge < -0.3 is 5.73 Å². The zero-order chi connectivity index (χ0) is 11.1. The monoisotopic (exact) mass is 227 g/mol. The molecule has 0 amide bonds. The highest BCUT2D eigenvalue weighted by Gasteiger charge is 2.45. The van der Waals surface area contributed by atoms with Gasteiger partial charge in [0.2, 0.25) is 0 Å². The van der Waals surface area contributed by atoms with Crippen LogP contribution in [0.1, 0.15) is 25.3 Å². The van der Waals surface area contributed by atoms with E-state index in [0.717, 1.165) is 24.8 Å². The Bertz CT molecular complexity index is 372. The minimum Gasteiger partial charge on any atom is -0.327 e. The molecule has 2 N–H and O–H groups in total. The van der Waals surface area contributed by atoms with Crippen molar-refractivity contribution in [3.63, 3.8) is 0 Å². The van der Waals surface area contributed by atoms with Gasteiger partial charge in [0.1, 0.15) is 5.82 Å². The number of rotatable bonds is 3. The third-order valence-corrected chi connectivity index (χ3v) is 3.70. The Morgan fingerprint density at radius 1 is 1.53 bits per heavy atom. The molecule has 0 spiro atoms. The van der Waals surface area contributed by atoms with Crippen molar-refractivity contribution in [2.75, 3.05) is 0 Å². The topological polar surface area (TPSA) is 26.0 Å². The van der Waals surface area contributed by atoms with E-state index in [1.165, 1.54) is 6.07 Å². The molecule has 0 radical (unpaired) electrons. The second-order valence-corrected chi connectivity index (χ2v) is 4.98. The third-order valence-electron chi connectivity index (χ3n) is 3.40. The predicted octanol–water partition coefficient (Wildman–Crippen LogP) is 3.15. The van der Waals surface area contributed by atoms with Crippen LogP contribution in [0.25, 0.3) is 0 Å². The molecule has 0 aliphatic heterocycles. The van der Waals surface area contributed by atoms with Gasteiger partial charge in [-0.05, 0) is 49.3 Å². The summed E-state index contributed by atoms with van der Waals surface area (Å²) >= 11 is 5.63. The fraction of sp³-hybridized carbons (Fsp3) is 0.500. The number of halogens is 2. The minimum absolute atomic E-state index is 0.177. The second kappa shape index (κ2) is 3.76. The SMILES string of the molecule is CC(N)C1(Cc2ccc(Cl)c(F)c2)CC1. The lowest BCUT2D eigenvalue weighted by molar-refractivity contribution is 0.418. The van der Waals surface area contributed by atoms with Gasteiger partial charge in [-0.1, -0.05) is 17.7 Å². The Kier molecular flexibility index (Phi) is 2.73. The first kappa shape index (κ1) is 10.9. The van der Waals surface area contributed by atoms with Crippen molar-refractivity contribution in [1.82, 2.24) is 0 Å². The van der Waals surface area contributed by atoms with E-state index in [4.69, 9.17) is 17.3 Å². The van der Waals surface area contributed by atoms with Crippen LogP contribution in [0.4, 0.5) is 4.39 Å². The van der Waals surface area contributed by atoms with Crippen molar-refractivity contribution in [3.05, 3.63) is 34.6 Å². The van der Waals surface area contributed by atoms with E-state index in [0.29, 0.717) is 0 Å². The summed E-state index contributed by atoms with van der Waals surface area (Å²) in [6, 6.07) is 5.19. The summed E-state index contributed by atoms with van der Waals surface area (Å²) in [5, 5.41) is 0.185. The van der Waals surface area contributed by atoms with Gasteiger partial charge in [0, 0.05) is 6.04 Å². The van der Waals surface area contributed by atoms with E-state index in [-0.39, 0.29) is 22.3 Å². The molecule has 2 rings (SSSR count). The summed E-state index contributed by atoms with van der Waals surface area (Å²) in [4.78, 5) is 0. The molecule has 1 unspecified atom stereocenters. The first-order chi connectivity index (χ1) is 7.03. The van der Waals surface area contributed by atoms with E-state index in [1.54, 1.807) is 6.07 Å². The van der Waals surface area contributed by atoms with Crippen LogP contribution in [-0.2, 0) is 6.42 Å². The van der Waals surface area contributed by atoms with Gasteiger partial charge in [-0.3, -0.25) is 0 Å². The predicted molar refractivity (Wildman–Crippen MR) is 60.4 cm³/mol. The zero-order valence-electron chi connectivity index (χ0n) is 8.76. The highest BCUT2D eigenvalue weighted by atomic mass is 35.5. The van der Waals surface area contributed by atoms with E-state index < -0.39 is 0 Å². The third kappa shape index (κ3) is 2.16. The van der Waals surface area contributed by atoms with Crippen LogP contribution in [0.5, 0.6) is 0 Å². The Morgan fingerprint density at radius 3 is 2.67 bits per heavy atom. The maximum Gasteiger partial charge on any atom is 0.142 e. The summed E-state index contributed by atoms with van der Waals surface area (Å²) < 4.78 is 13.2. The molecule has 3 heteroatoms. The van der Waals surface area contributed by atoms with Crippen LogP contribution >= 0.6 is 11.6 Å². The average molecular weight is 228 g/mol. The van der Waals surface area contributed by atoms with Crippen molar-refractivity contribution in [2.24, 2.45) is 11.1 Å². The molecular formula is C12H15ClFN. The van der Waals surface area contributed by atoms with Gasteiger partial charge in [-0.15, -0.1) is 0 Å². The van der Waals surface area contributed by atoms with Crippen LogP contribution in [0.15, 0.2) is 18.2 Å². The smallest absolute Gasteiger partial charge is 0.142 e. The molecule has 82 valence electrons. The Balaban J connectivity index is 2.15. The van der Waals surface area contributed by atoms with Crippen LogP contribution in [-0.4, -0.2) is 6.04 Å². The molecule has 1 aromatic carbocycles. The van der Waals surface area contributed by atoms with E-state index in [9.17, 15) is 4.39 Å². The normalized spacial score (nSPS) is 20.0. The fourth-order valence-electron chi connectivity index (χ4n) is 2.01. The molecule has 0 bridgehead atoms. The maximum absolute atomic E-state index is 13.2. The van der Waals surface area contributed by atoms with Gasteiger partial charge in [0.15, 0.2) is 0 Å². The summed E-state index contributed by atoms with van der Waals surface area (Å²) in [6.45, 7) is 2.03. The minimum atomic E-state index is -0.338. The van der Waals surface area contributed by atoms with Crippen LogP contribution in [0.2, 0.25) is 5.02 Å². The zero-order valence-corrected chi connectivity index (χ0v) is 9.52. The van der Waals surface area contributed by atoms with Crippen LogP contribution in [0.3, 0.4) is 0 Å². The lowest BCUT2D eigenvalue weighted by Gasteiger charge is -2.19. The molecule has 1 aromatic rings. The Labute approximate surface area is 94.4 Å². The van der Waals surface area contributed by atoms with Crippen molar-refractivity contribution in [3.8, 4) is 0 Å². The molecule has 0 saturated heterocycles. The van der Waals surface area contributed by atoms with Crippen LogP contribution in [0, 0.1) is 11.2 Å². The second-order valence-electron chi connectivity index (χ2n) is 4.58. The molecule has 15 heavy (non-hydrogen) atoms. The van der Waals surface area contributed by atoms with Crippen molar-refractivity contribution < 1.29 is 4.39 Å². The van der Waals surface area contributed by atoms with E-state index >= 15 is 0 Å². The summed E-state index contributed by atoms with van der Waals surface area (Å²) in [5.41, 5.74) is 7.13. The molecular weight excluding hydrogens is 213 g/mol. The lowest BCUT2D eigenvalue weighted by atomic mass is 9.90. The quantitative estimate of drug-likeness (QED) is 0.844. The summed E-state index contributed by atoms with van der Waals surface area (Å²) in [5.74, 6) is -0.338. The first-order valence-corrected chi connectivity index (χ1v) is 5.61. The largest absolute Gasteiger partial charge is 0.327 e. The Morgan fingerprint density at radius 2 is 2.20 bits per heavy atom. The molecule has 1 fully saturated rings. The van der Waals surface area contributed by atoms with Gasteiger partial charge >= 0.3 is 0 Å². The summed E-state index contributed by atoms with van der Waals surface area (Å²) in [7, 11) is 0. The molecule has 1 saturated carbocycles. The van der Waals surface area contributed by atoms with Gasteiger partial charge in [-0.2, -0.15) is 0 Å². The highest BCUT2D eigenvalue weighted by Crippen LogP contribution is 2.50. The molecule has 1 nitrogen and oxygen atoms in total. The van der Waals surface area contributed by atoms with Crippen molar-refractivity contribution in [1.29, 1.82) is 0 Å². The highest BCUT2D eigenvalue weighted by molar-refractivity contribution is 6.30. The number of benzene rings is 1. The maximum atomic E-state index is 13.2. The van der Waals surface area contributed by atoms with Gasteiger partial charge in [0.05, 0.1) is 5.02 Å². The van der Waals surface area contributed by atoms with Gasteiger partial charge in [-0.25, -0.2) is 4.39 Å². The van der Waals surface area contributed by atoms with E-state index in [2.05, 4.69) is 0 Å². The molecule has 0 heterocycles. The van der Waals surface area contributed by atoms with Crippen molar-refractivity contribution >= 4 is 11.6 Å². The van der Waals surface area contributed by atoms with Crippen LogP contribution < -0.4 is 5.73 Å². The molecule has 0 aromatic heterocycles. The molecule has 1 aliphatic carbocycles. The molecule has 1 aliphatic rings. The first-order valence-electron chi connectivity index (χ1n) is 5.23. The fourth-order valence-corrected chi connectivity index (χ4v) is 2.13. The number of hydrogen-bond acceptors (Lipinski definition) is 1. The number of nitrogens with two attached hydrogens (primary N) is 1. The Hall–Kier alpha value is -0.600. The lowest BCUT2D eigenvalue weighted by Crippen LogP contribution is -2.29. The van der Waals surface area contributed by atoms with Gasteiger partial charge in [0.25, 0.3) is 0 Å². The average Bonchev–Trinajstić information content (AvgIpc) is 2.93. The van der Waals surface area contributed by atoms with E-state index in [1.807, 2.05) is 13.0 Å².